The van der Waals surface area contributed by atoms with Gasteiger partial charge in [-0.1, -0.05) is 35.9 Å². The van der Waals surface area contributed by atoms with E-state index < -0.39 is 11.9 Å². The van der Waals surface area contributed by atoms with Crippen molar-refractivity contribution in [1.29, 1.82) is 0 Å². The predicted molar refractivity (Wildman–Crippen MR) is 117 cm³/mol. The fourth-order valence-corrected chi connectivity index (χ4v) is 2.55. The Balaban J connectivity index is 1.44. The number of hydrazone groups is 1. The first-order valence-electron chi connectivity index (χ1n) is 9.55. The van der Waals surface area contributed by atoms with Gasteiger partial charge in [0.25, 0.3) is 11.8 Å². The van der Waals surface area contributed by atoms with Crippen LogP contribution in [0.5, 0.6) is 5.75 Å². The molecule has 0 unspecified atom stereocenters. The highest BCUT2D eigenvalue weighted by molar-refractivity contribution is 5.96. The van der Waals surface area contributed by atoms with E-state index in [2.05, 4.69) is 15.8 Å². The zero-order chi connectivity index (χ0) is 22.1. The summed E-state index contributed by atoms with van der Waals surface area (Å²) < 4.78 is 5.30. The number of benzene rings is 3. The minimum absolute atomic E-state index is 0.196. The second-order valence-electron chi connectivity index (χ2n) is 6.67. The molecule has 2 amide bonds. The zero-order valence-electron chi connectivity index (χ0n) is 16.9. The summed E-state index contributed by atoms with van der Waals surface area (Å²) in [5.41, 5.74) is 5.04. The third kappa shape index (κ3) is 6.64. The van der Waals surface area contributed by atoms with Crippen LogP contribution in [-0.4, -0.2) is 30.5 Å². The van der Waals surface area contributed by atoms with Gasteiger partial charge in [0.2, 0.25) is 0 Å². The van der Waals surface area contributed by atoms with Crippen LogP contribution < -0.4 is 15.5 Å². The van der Waals surface area contributed by atoms with E-state index >= 15 is 0 Å². The first-order chi connectivity index (χ1) is 15.0. The Morgan fingerprint density at radius 3 is 2.23 bits per heavy atom. The number of amides is 2. The largest absolute Gasteiger partial charge is 0.423 e. The minimum Gasteiger partial charge on any atom is -0.423 e. The van der Waals surface area contributed by atoms with Gasteiger partial charge in [-0.15, -0.1) is 0 Å². The molecule has 2 N–H and O–H groups in total. The maximum Gasteiger partial charge on any atom is 0.343 e. The average molecular weight is 415 g/mol. The Morgan fingerprint density at radius 2 is 1.55 bits per heavy atom. The fraction of sp³-hybridized carbons (Fsp3) is 0.0833. The molecule has 0 aromatic heterocycles. The van der Waals surface area contributed by atoms with Gasteiger partial charge < -0.3 is 10.1 Å². The number of nitrogens with zero attached hydrogens (tertiary/aromatic N) is 1. The van der Waals surface area contributed by atoms with Gasteiger partial charge in [-0.3, -0.25) is 9.59 Å². The molecule has 156 valence electrons. The Labute approximate surface area is 179 Å². The van der Waals surface area contributed by atoms with Gasteiger partial charge in [0.05, 0.1) is 18.3 Å². The van der Waals surface area contributed by atoms with Crippen LogP contribution in [0.2, 0.25) is 0 Å². The molecule has 7 heteroatoms. The van der Waals surface area contributed by atoms with Crippen LogP contribution in [0, 0.1) is 6.92 Å². The second-order valence-corrected chi connectivity index (χ2v) is 6.67. The summed E-state index contributed by atoms with van der Waals surface area (Å²) in [6.45, 7) is 1.73. The average Bonchev–Trinajstić information content (AvgIpc) is 2.79. The van der Waals surface area contributed by atoms with Gasteiger partial charge in [-0.25, -0.2) is 10.2 Å². The van der Waals surface area contributed by atoms with Crippen molar-refractivity contribution in [1.82, 2.24) is 10.7 Å². The molecule has 0 saturated heterocycles. The van der Waals surface area contributed by atoms with Crippen molar-refractivity contribution in [2.45, 2.75) is 6.92 Å². The molecule has 31 heavy (non-hydrogen) atoms. The van der Waals surface area contributed by atoms with Crippen molar-refractivity contribution in [3.8, 4) is 5.75 Å². The molecule has 0 radical (unpaired) electrons. The quantitative estimate of drug-likeness (QED) is 0.268. The third-order valence-corrected chi connectivity index (χ3v) is 4.23. The van der Waals surface area contributed by atoms with Crippen molar-refractivity contribution in [2.75, 3.05) is 6.54 Å². The Bertz CT molecular complexity index is 1080. The van der Waals surface area contributed by atoms with Crippen LogP contribution in [0.15, 0.2) is 84.0 Å². The first kappa shape index (κ1) is 21.4. The van der Waals surface area contributed by atoms with Crippen molar-refractivity contribution in [3.05, 3.63) is 101 Å². The molecule has 0 aliphatic carbocycles. The lowest BCUT2D eigenvalue weighted by atomic mass is 10.1. The van der Waals surface area contributed by atoms with Crippen LogP contribution in [0.1, 0.15) is 31.8 Å². The van der Waals surface area contributed by atoms with Crippen LogP contribution in [0.4, 0.5) is 0 Å². The van der Waals surface area contributed by atoms with Crippen LogP contribution in [0.3, 0.4) is 0 Å². The normalized spacial score (nSPS) is 10.5. The molecular formula is C24H21N3O4. The van der Waals surface area contributed by atoms with Crippen LogP contribution >= 0.6 is 0 Å². The van der Waals surface area contributed by atoms with Crippen molar-refractivity contribution >= 4 is 24.0 Å². The van der Waals surface area contributed by atoms with E-state index in [1.807, 2.05) is 25.1 Å². The topological polar surface area (TPSA) is 96.9 Å². The molecule has 0 spiro atoms. The van der Waals surface area contributed by atoms with Gasteiger partial charge >= 0.3 is 5.97 Å². The lowest BCUT2D eigenvalue weighted by Crippen LogP contribution is -2.34. The Morgan fingerprint density at radius 1 is 0.871 bits per heavy atom. The fourth-order valence-electron chi connectivity index (χ4n) is 2.55. The summed E-state index contributed by atoms with van der Waals surface area (Å²) in [5.74, 6) is -0.833. The molecule has 7 nitrogen and oxygen atoms in total. The number of ether oxygens (including phenoxy) is 1. The second kappa shape index (κ2) is 10.5. The van der Waals surface area contributed by atoms with Gasteiger partial charge in [-0.05, 0) is 61.0 Å². The number of carbonyl (C=O) groups excluding carboxylic acids is 3. The predicted octanol–water partition coefficient (Wildman–Crippen LogP) is 3.09. The summed E-state index contributed by atoms with van der Waals surface area (Å²) in [6.07, 6.45) is 1.45. The van der Waals surface area contributed by atoms with Gasteiger partial charge in [0.1, 0.15) is 5.75 Å². The molecule has 0 bridgehead atoms. The number of rotatable bonds is 7. The highest BCUT2D eigenvalue weighted by atomic mass is 16.5. The molecule has 3 aromatic rings. The molecule has 0 heterocycles. The van der Waals surface area contributed by atoms with Crippen LogP contribution in [0.25, 0.3) is 0 Å². The summed E-state index contributed by atoms with van der Waals surface area (Å²) in [4.78, 5) is 35.9. The van der Waals surface area contributed by atoms with E-state index in [0.717, 1.165) is 5.56 Å². The Kier molecular flexibility index (Phi) is 7.26. The number of hydrogen-bond acceptors (Lipinski definition) is 5. The number of carbonyl (C=O) groups is 3. The van der Waals surface area contributed by atoms with Crippen LogP contribution in [-0.2, 0) is 4.79 Å². The number of hydrogen-bond donors (Lipinski definition) is 2. The van der Waals surface area contributed by atoms with Crippen molar-refractivity contribution in [2.24, 2.45) is 5.10 Å². The maximum absolute atomic E-state index is 12.0. The lowest BCUT2D eigenvalue weighted by Gasteiger charge is -2.05. The summed E-state index contributed by atoms with van der Waals surface area (Å²) in [7, 11) is 0. The minimum atomic E-state index is -0.454. The molecule has 0 aliphatic rings. The number of aryl methyl sites for hydroxylation is 1. The highest BCUT2D eigenvalue weighted by Crippen LogP contribution is 2.13. The summed E-state index contributed by atoms with van der Waals surface area (Å²) >= 11 is 0. The standard InChI is InChI=1S/C24H21N3O4/c1-17-7-11-19(12-8-17)23(29)25-16-22(28)27-26-15-18-9-13-21(14-10-18)31-24(30)20-5-3-2-4-6-20/h2-15H,16H2,1H3,(H,25,29)(H,27,28)/b26-15-. The van der Waals surface area contributed by atoms with Crippen molar-refractivity contribution in [3.63, 3.8) is 0 Å². The molecular weight excluding hydrogens is 394 g/mol. The summed E-state index contributed by atoms with van der Waals surface area (Å²) in [6, 6.07) is 22.4. The number of nitrogens with one attached hydrogen (secondary N) is 2. The molecule has 3 rings (SSSR count). The lowest BCUT2D eigenvalue weighted by molar-refractivity contribution is -0.120. The van der Waals surface area contributed by atoms with Gasteiger partial charge in [0, 0.05) is 5.56 Å². The van der Waals surface area contributed by atoms with Crippen molar-refractivity contribution < 1.29 is 19.1 Å². The Hall–Kier alpha value is -4.26. The monoisotopic (exact) mass is 415 g/mol. The molecule has 0 aliphatic heterocycles. The molecule has 3 aromatic carbocycles. The SMILES string of the molecule is Cc1ccc(C(=O)NCC(=O)N/N=C\c2ccc(OC(=O)c3ccccc3)cc2)cc1. The first-order valence-corrected chi connectivity index (χ1v) is 9.55. The van der Waals surface area contributed by atoms with E-state index in [4.69, 9.17) is 4.74 Å². The van der Waals surface area contributed by atoms with E-state index in [1.165, 1.54) is 6.21 Å². The molecule has 0 fully saturated rings. The smallest absolute Gasteiger partial charge is 0.343 e. The van der Waals surface area contributed by atoms with E-state index in [0.29, 0.717) is 22.4 Å². The van der Waals surface area contributed by atoms with E-state index in [9.17, 15) is 14.4 Å². The molecule has 0 saturated carbocycles. The highest BCUT2D eigenvalue weighted by Gasteiger charge is 2.08. The maximum atomic E-state index is 12.0. The zero-order valence-corrected chi connectivity index (χ0v) is 16.9. The number of esters is 1. The van der Waals surface area contributed by atoms with Gasteiger partial charge in [0.15, 0.2) is 0 Å². The van der Waals surface area contributed by atoms with E-state index in [1.54, 1.807) is 60.7 Å². The summed E-state index contributed by atoms with van der Waals surface area (Å²) in [5, 5.41) is 6.39. The molecule has 0 atom stereocenters. The van der Waals surface area contributed by atoms with E-state index in [-0.39, 0.29) is 12.5 Å². The van der Waals surface area contributed by atoms with Gasteiger partial charge in [-0.2, -0.15) is 5.10 Å². The third-order valence-electron chi connectivity index (χ3n) is 4.23.